The molecule has 0 aliphatic heterocycles. The zero-order chi connectivity index (χ0) is 14.7. The van der Waals surface area contributed by atoms with E-state index in [1.165, 1.54) is 24.3 Å². The van der Waals surface area contributed by atoms with E-state index in [1.54, 1.807) is 18.2 Å². The first kappa shape index (κ1) is 14.4. The number of thiocarbonyl (C=S) groups is 1. The van der Waals surface area contributed by atoms with Crippen LogP contribution in [0.1, 0.15) is 15.9 Å². The summed E-state index contributed by atoms with van der Waals surface area (Å²) in [6, 6.07) is 10.0. The summed E-state index contributed by atoms with van der Waals surface area (Å²) in [5.41, 5.74) is 6.84. The smallest absolute Gasteiger partial charge is 0.255 e. The molecule has 2 aromatic carbocycles. The van der Waals surface area contributed by atoms with Crippen molar-refractivity contribution in [3.05, 3.63) is 64.4 Å². The molecule has 0 aliphatic carbocycles. The first-order chi connectivity index (χ1) is 9.47. The Labute approximate surface area is 125 Å². The van der Waals surface area contributed by atoms with Gasteiger partial charge in [-0.2, -0.15) is 0 Å². The molecule has 0 atom stereocenters. The third-order valence-corrected chi connectivity index (χ3v) is 3.06. The molecule has 0 bridgehead atoms. The van der Waals surface area contributed by atoms with E-state index >= 15 is 0 Å². The number of nitrogens with two attached hydrogens (primary N) is 1. The van der Waals surface area contributed by atoms with Gasteiger partial charge in [0, 0.05) is 16.1 Å². The minimum atomic E-state index is -0.409. The van der Waals surface area contributed by atoms with Gasteiger partial charge in [0.05, 0.1) is 5.69 Å². The summed E-state index contributed by atoms with van der Waals surface area (Å²) in [6.07, 6.45) is 0. The lowest BCUT2D eigenvalue weighted by molar-refractivity contribution is 0.102. The van der Waals surface area contributed by atoms with Gasteiger partial charge < -0.3 is 11.1 Å². The number of benzene rings is 2. The number of hydrogen-bond donors (Lipinski definition) is 2. The van der Waals surface area contributed by atoms with Crippen molar-refractivity contribution in [2.75, 3.05) is 5.32 Å². The van der Waals surface area contributed by atoms with Crippen molar-refractivity contribution in [2.45, 2.75) is 0 Å². The maximum Gasteiger partial charge on any atom is 0.255 e. The summed E-state index contributed by atoms with van der Waals surface area (Å²) in [5, 5.41) is 3.10. The van der Waals surface area contributed by atoms with Gasteiger partial charge >= 0.3 is 0 Å². The van der Waals surface area contributed by atoms with Crippen LogP contribution in [0.2, 0.25) is 5.02 Å². The minimum Gasteiger partial charge on any atom is -0.389 e. The molecule has 3 nitrogen and oxygen atoms in total. The SMILES string of the molecule is NC(=S)c1ccc(Cl)cc1NC(=O)c1ccc(F)cc1. The van der Waals surface area contributed by atoms with Crippen molar-refractivity contribution < 1.29 is 9.18 Å². The van der Waals surface area contributed by atoms with Crippen LogP contribution in [0.25, 0.3) is 0 Å². The summed E-state index contributed by atoms with van der Waals surface area (Å²) in [4.78, 5) is 12.2. The molecule has 0 spiro atoms. The molecular formula is C14H10ClFN2OS. The van der Waals surface area contributed by atoms with Crippen molar-refractivity contribution in [2.24, 2.45) is 5.73 Å². The van der Waals surface area contributed by atoms with Crippen LogP contribution in [0.4, 0.5) is 10.1 Å². The fourth-order valence-corrected chi connectivity index (χ4v) is 1.98. The van der Waals surface area contributed by atoms with Crippen LogP contribution < -0.4 is 11.1 Å². The predicted molar refractivity (Wildman–Crippen MR) is 81.7 cm³/mol. The Hall–Kier alpha value is -1.98. The van der Waals surface area contributed by atoms with Crippen molar-refractivity contribution in [3.63, 3.8) is 0 Å². The molecule has 2 rings (SSSR count). The molecule has 0 radical (unpaired) electrons. The maximum absolute atomic E-state index is 12.8. The van der Waals surface area contributed by atoms with Crippen molar-refractivity contribution >= 4 is 40.4 Å². The lowest BCUT2D eigenvalue weighted by Crippen LogP contribution is -2.17. The second kappa shape index (κ2) is 5.98. The molecular weight excluding hydrogens is 299 g/mol. The van der Waals surface area contributed by atoms with Crippen molar-refractivity contribution in [1.82, 2.24) is 0 Å². The van der Waals surface area contributed by atoms with Gasteiger partial charge in [0.1, 0.15) is 10.8 Å². The summed E-state index contributed by atoms with van der Waals surface area (Å²) in [7, 11) is 0. The van der Waals surface area contributed by atoms with Crippen molar-refractivity contribution in [3.8, 4) is 0 Å². The Kier molecular flexibility index (Phi) is 4.32. The number of carbonyl (C=O) groups is 1. The first-order valence-electron chi connectivity index (χ1n) is 5.63. The number of halogens is 2. The summed E-state index contributed by atoms with van der Waals surface area (Å²) >= 11 is 10.8. The summed E-state index contributed by atoms with van der Waals surface area (Å²) in [6.45, 7) is 0. The Bertz CT molecular complexity index is 673. The topological polar surface area (TPSA) is 55.1 Å². The van der Waals surface area contributed by atoms with E-state index in [-0.39, 0.29) is 4.99 Å². The molecule has 0 heterocycles. The van der Waals surface area contributed by atoms with Crippen LogP contribution in [0, 0.1) is 5.82 Å². The highest BCUT2D eigenvalue weighted by molar-refractivity contribution is 7.80. The van der Waals surface area contributed by atoms with E-state index in [0.29, 0.717) is 21.8 Å². The highest BCUT2D eigenvalue weighted by Crippen LogP contribution is 2.22. The van der Waals surface area contributed by atoms with E-state index in [9.17, 15) is 9.18 Å². The lowest BCUT2D eigenvalue weighted by atomic mass is 10.1. The Morgan fingerprint density at radius 1 is 1.20 bits per heavy atom. The van der Waals surface area contributed by atoms with E-state index in [2.05, 4.69) is 5.32 Å². The molecule has 1 amide bonds. The summed E-state index contributed by atoms with van der Waals surface area (Å²) < 4.78 is 12.8. The quantitative estimate of drug-likeness (QED) is 0.855. The molecule has 20 heavy (non-hydrogen) atoms. The Morgan fingerprint density at radius 2 is 1.85 bits per heavy atom. The minimum absolute atomic E-state index is 0.149. The van der Waals surface area contributed by atoms with Crippen LogP contribution in [-0.4, -0.2) is 10.9 Å². The molecule has 102 valence electrons. The predicted octanol–water partition coefficient (Wildman–Crippen LogP) is 3.37. The Morgan fingerprint density at radius 3 is 2.45 bits per heavy atom. The highest BCUT2D eigenvalue weighted by Gasteiger charge is 2.11. The fraction of sp³-hybridized carbons (Fsp3) is 0. The summed E-state index contributed by atoms with van der Waals surface area (Å²) in [5.74, 6) is -0.808. The van der Waals surface area contributed by atoms with Gasteiger partial charge in [0.15, 0.2) is 0 Å². The van der Waals surface area contributed by atoms with Gasteiger partial charge in [-0.05, 0) is 42.5 Å². The van der Waals surface area contributed by atoms with Crippen LogP contribution in [0.5, 0.6) is 0 Å². The number of amides is 1. The molecule has 3 N–H and O–H groups in total. The first-order valence-corrected chi connectivity index (χ1v) is 6.42. The molecule has 0 saturated carbocycles. The van der Waals surface area contributed by atoms with Crippen LogP contribution >= 0.6 is 23.8 Å². The second-order valence-electron chi connectivity index (χ2n) is 4.02. The third kappa shape index (κ3) is 3.31. The number of carbonyl (C=O) groups excluding carboxylic acids is 1. The second-order valence-corrected chi connectivity index (χ2v) is 4.89. The van der Waals surface area contributed by atoms with Gasteiger partial charge in [-0.25, -0.2) is 4.39 Å². The molecule has 0 fully saturated rings. The van der Waals surface area contributed by atoms with E-state index < -0.39 is 11.7 Å². The van der Waals surface area contributed by atoms with Crippen molar-refractivity contribution in [1.29, 1.82) is 0 Å². The average molecular weight is 309 g/mol. The fourth-order valence-electron chi connectivity index (χ4n) is 1.63. The lowest BCUT2D eigenvalue weighted by Gasteiger charge is -2.10. The van der Waals surface area contributed by atoms with E-state index in [0.717, 1.165) is 0 Å². The number of hydrogen-bond acceptors (Lipinski definition) is 2. The van der Waals surface area contributed by atoms with Gasteiger partial charge in [0.2, 0.25) is 0 Å². The molecule has 6 heteroatoms. The maximum atomic E-state index is 12.8. The normalized spacial score (nSPS) is 10.1. The molecule has 0 aromatic heterocycles. The number of rotatable bonds is 3. The van der Waals surface area contributed by atoms with Gasteiger partial charge in [-0.3, -0.25) is 4.79 Å². The average Bonchev–Trinajstić information content (AvgIpc) is 2.39. The van der Waals surface area contributed by atoms with E-state index in [4.69, 9.17) is 29.6 Å². The Balaban J connectivity index is 2.29. The highest BCUT2D eigenvalue weighted by atomic mass is 35.5. The van der Waals surface area contributed by atoms with Crippen LogP contribution in [0.3, 0.4) is 0 Å². The monoisotopic (exact) mass is 308 g/mol. The standard InChI is InChI=1S/C14H10ClFN2OS/c15-9-3-6-11(13(17)20)12(7-9)18-14(19)8-1-4-10(16)5-2-8/h1-7H,(H2,17,20)(H,18,19). The largest absolute Gasteiger partial charge is 0.389 e. The van der Waals surface area contributed by atoms with Gasteiger partial charge in [-0.1, -0.05) is 23.8 Å². The third-order valence-electron chi connectivity index (χ3n) is 2.60. The number of nitrogens with one attached hydrogen (secondary N) is 1. The van der Waals surface area contributed by atoms with Crippen LogP contribution in [-0.2, 0) is 0 Å². The molecule has 0 saturated heterocycles. The molecule has 0 aliphatic rings. The zero-order valence-corrected chi connectivity index (χ0v) is 11.8. The van der Waals surface area contributed by atoms with Crippen LogP contribution in [0.15, 0.2) is 42.5 Å². The van der Waals surface area contributed by atoms with Gasteiger partial charge in [-0.15, -0.1) is 0 Å². The zero-order valence-electron chi connectivity index (χ0n) is 10.2. The molecule has 0 unspecified atom stereocenters. The van der Waals surface area contributed by atoms with Gasteiger partial charge in [0.25, 0.3) is 5.91 Å². The number of anilines is 1. The van der Waals surface area contributed by atoms with E-state index in [1.807, 2.05) is 0 Å². The molecule has 2 aromatic rings.